The lowest BCUT2D eigenvalue weighted by atomic mass is 10.1. The Labute approximate surface area is 74.0 Å². The van der Waals surface area contributed by atoms with Crippen molar-refractivity contribution >= 4 is 6.16 Å². The van der Waals surface area contributed by atoms with Crippen LogP contribution >= 0.6 is 0 Å². The smallest absolute Gasteiger partial charge is 0.431 e. The molecule has 0 aliphatic rings. The normalized spacial score (nSPS) is 13.2. The van der Waals surface area contributed by atoms with Gasteiger partial charge in [0.05, 0.1) is 0 Å². The van der Waals surface area contributed by atoms with Gasteiger partial charge in [-0.25, -0.2) is 4.79 Å². The van der Waals surface area contributed by atoms with E-state index in [0.717, 1.165) is 0 Å². The van der Waals surface area contributed by atoms with Crippen LogP contribution < -0.4 is 0 Å². The number of hydrogen-bond donors (Lipinski definition) is 0. The van der Waals surface area contributed by atoms with Crippen molar-refractivity contribution in [1.29, 1.82) is 0 Å². The van der Waals surface area contributed by atoms with E-state index in [1.54, 1.807) is 6.92 Å². The second-order valence-electron chi connectivity index (χ2n) is 3.25. The second kappa shape index (κ2) is 5.01. The number of carbonyl (C=O) groups is 1. The van der Waals surface area contributed by atoms with E-state index in [1.165, 1.54) is 0 Å². The van der Waals surface area contributed by atoms with E-state index in [0.29, 0.717) is 5.92 Å². The fraction of sp³-hybridized carbons (Fsp3) is 0.778. The van der Waals surface area contributed by atoms with Gasteiger partial charge in [-0.2, -0.15) is 0 Å². The molecule has 0 bridgehead atoms. The topological polar surface area (TPSA) is 35.5 Å². The van der Waals surface area contributed by atoms with Gasteiger partial charge >= 0.3 is 6.16 Å². The summed E-state index contributed by atoms with van der Waals surface area (Å²) >= 11 is 0. The van der Waals surface area contributed by atoms with E-state index in [1.807, 2.05) is 20.8 Å². The first-order chi connectivity index (χ1) is 5.43. The van der Waals surface area contributed by atoms with Gasteiger partial charge < -0.3 is 9.47 Å². The number of hydrogen-bond acceptors (Lipinski definition) is 3. The average Bonchev–Trinajstić information content (AvgIpc) is 1.84. The Hall–Kier alpha value is -0.730. The molecule has 0 rings (SSSR count). The number of carbonyl (C=O) groups excluding carboxylic acids is 1. The maximum Gasteiger partial charge on any atom is 0.508 e. The molecule has 1 unspecified atom stereocenters. The van der Waals surface area contributed by atoms with Crippen molar-refractivity contribution in [3.63, 3.8) is 0 Å². The van der Waals surface area contributed by atoms with Crippen LogP contribution in [0.3, 0.4) is 0 Å². The van der Waals surface area contributed by atoms with Gasteiger partial charge in [-0.15, -0.1) is 0 Å². The maximum atomic E-state index is 10.9. The Bertz CT molecular complexity index is 141. The van der Waals surface area contributed by atoms with Gasteiger partial charge in [0.15, 0.2) is 0 Å². The molecule has 0 heterocycles. The quantitative estimate of drug-likeness (QED) is 0.615. The van der Waals surface area contributed by atoms with E-state index >= 15 is 0 Å². The first-order valence-electron chi connectivity index (χ1n) is 4.13. The number of ether oxygens (including phenoxy) is 2. The lowest BCUT2D eigenvalue weighted by Gasteiger charge is -2.17. The molecular weight excluding hydrogens is 156 g/mol. The van der Waals surface area contributed by atoms with Crippen molar-refractivity contribution in [3.05, 3.63) is 6.92 Å². The highest BCUT2D eigenvalue weighted by Gasteiger charge is 2.14. The molecule has 0 saturated heterocycles. The van der Waals surface area contributed by atoms with Crippen LogP contribution in [0.25, 0.3) is 0 Å². The Balaban J connectivity index is 3.69. The van der Waals surface area contributed by atoms with Crippen molar-refractivity contribution in [2.24, 2.45) is 5.92 Å². The predicted octanol–water partition coefficient (Wildman–Crippen LogP) is 2.41. The van der Waals surface area contributed by atoms with Gasteiger partial charge in [0.1, 0.15) is 12.2 Å². The molecular formula is C9H17O3. The Morgan fingerprint density at radius 3 is 2.00 bits per heavy atom. The van der Waals surface area contributed by atoms with Gasteiger partial charge in [0.2, 0.25) is 0 Å². The van der Waals surface area contributed by atoms with Crippen LogP contribution in [0.4, 0.5) is 4.79 Å². The lowest BCUT2D eigenvalue weighted by Crippen LogP contribution is -2.22. The molecule has 0 aliphatic heterocycles. The molecule has 0 N–H and O–H groups in total. The molecule has 3 nitrogen and oxygen atoms in total. The van der Waals surface area contributed by atoms with Crippen molar-refractivity contribution in [2.75, 3.05) is 0 Å². The Kier molecular flexibility index (Phi) is 4.71. The van der Waals surface area contributed by atoms with Crippen LogP contribution in [0.5, 0.6) is 0 Å². The zero-order valence-corrected chi connectivity index (χ0v) is 8.16. The SMILES string of the molecule is [CH2][C@@H](C)OC(=O)OC(C)C(C)C. The molecule has 3 heteroatoms. The van der Waals surface area contributed by atoms with Crippen molar-refractivity contribution in [1.82, 2.24) is 0 Å². The summed E-state index contributed by atoms with van der Waals surface area (Å²) in [6.45, 7) is 11.0. The molecule has 0 saturated carbocycles. The minimum Gasteiger partial charge on any atom is -0.431 e. The molecule has 71 valence electrons. The molecule has 0 amide bonds. The summed E-state index contributed by atoms with van der Waals surface area (Å²) in [5.74, 6) is 0.303. The molecule has 12 heavy (non-hydrogen) atoms. The second-order valence-corrected chi connectivity index (χ2v) is 3.25. The molecule has 0 aromatic rings. The van der Waals surface area contributed by atoms with Crippen molar-refractivity contribution in [3.8, 4) is 0 Å². The van der Waals surface area contributed by atoms with Crippen LogP contribution in [-0.2, 0) is 9.47 Å². The van der Waals surface area contributed by atoms with Crippen molar-refractivity contribution in [2.45, 2.75) is 39.9 Å². The van der Waals surface area contributed by atoms with Crippen LogP contribution in [-0.4, -0.2) is 18.4 Å². The van der Waals surface area contributed by atoms with Crippen LogP contribution in [0.2, 0.25) is 0 Å². The Morgan fingerprint density at radius 1 is 1.17 bits per heavy atom. The first-order valence-corrected chi connectivity index (χ1v) is 4.13. The predicted molar refractivity (Wildman–Crippen MR) is 46.7 cm³/mol. The summed E-state index contributed by atoms with van der Waals surface area (Å²) in [6, 6.07) is 0. The standard InChI is InChI=1S/C9H17O3/c1-6(2)8(5)12-9(10)11-7(3)4/h6-8H,3H2,1-2,4-5H3/t7-,8?/m0/s1. The summed E-state index contributed by atoms with van der Waals surface area (Å²) in [6.07, 6.45) is -1.12. The monoisotopic (exact) mass is 173 g/mol. The summed E-state index contributed by atoms with van der Waals surface area (Å²) in [5, 5.41) is 0. The minimum absolute atomic E-state index is 0.115. The van der Waals surface area contributed by atoms with Crippen LogP contribution in [0.1, 0.15) is 27.7 Å². The van der Waals surface area contributed by atoms with Crippen LogP contribution in [0.15, 0.2) is 0 Å². The molecule has 1 radical (unpaired) electrons. The van der Waals surface area contributed by atoms with E-state index in [-0.39, 0.29) is 12.2 Å². The van der Waals surface area contributed by atoms with Gasteiger partial charge in [0, 0.05) is 0 Å². The largest absolute Gasteiger partial charge is 0.508 e. The summed E-state index contributed by atoms with van der Waals surface area (Å²) in [5.41, 5.74) is 0. The van der Waals surface area contributed by atoms with E-state index in [9.17, 15) is 4.79 Å². The minimum atomic E-state index is -0.640. The van der Waals surface area contributed by atoms with Crippen molar-refractivity contribution < 1.29 is 14.3 Å². The van der Waals surface area contributed by atoms with E-state index in [2.05, 4.69) is 6.92 Å². The van der Waals surface area contributed by atoms with Gasteiger partial charge in [-0.05, 0) is 26.7 Å². The fourth-order valence-electron chi connectivity index (χ4n) is 0.480. The third-order valence-corrected chi connectivity index (χ3v) is 1.52. The lowest BCUT2D eigenvalue weighted by molar-refractivity contribution is 0.00454. The van der Waals surface area contributed by atoms with Gasteiger partial charge in [-0.3, -0.25) is 0 Å². The van der Waals surface area contributed by atoms with Crippen LogP contribution in [0, 0.1) is 12.8 Å². The third kappa shape index (κ3) is 4.99. The van der Waals surface area contributed by atoms with E-state index in [4.69, 9.17) is 9.47 Å². The van der Waals surface area contributed by atoms with Gasteiger partial charge in [0.25, 0.3) is 0 Å². The van der Waals surface area contributed by atoms with Gasteiger partial charge in [-0.1, -0.05) is 13.8 Å². The highest BCUT2D eigenvalue weighted by Crippen LogP contribution is 2.06. The zero-order valence-electron chi connectivity index (χ0n) is 8.16. The summed E-state index contributed by atoms with van der Waals surface area (Å²) in [4.78, 5) is 10.9. The molecule has 0 aromatic carbocycles. The molecule has 0 aliphatic carbocycles. The van der Waals surface area contributed by atoms with E-state index < -0.39 is 6.16 Å². The Morgan fingerprint density at radius 2 is 1.67 bits per heavy atom. The highest BCUT2D eigenvalue weighted by molar-refractivity contribution is 5.60. The molecule has 0 fully saturated rings. The molecule has 2 atom stereocenters. The fourth-order valence-corrected chi connectivity index (χ4v) is 0.480. The molecule has 0 aromatic heterocycles. The molecule has 0 spiro atoms. The summed E-state index contributed by atoms with van der Waals surface area (Å²) < 4.78 is 9.62. The average molecular weight is 173 g/mol. The first kappa shape index (κ1) is 11.3. The maximum absolute atomic E-state index is 10.9. The summed E-state index contributed by atoms with van der Waals surface area (Å²) in [7, 11) is 0. The zero-order chi connectivity index (χ0) is 9.72. The highest BCUT2D eigenvalue weighted by atomic mass is 16.7. The third-order valence-electron chi connectivity index (χ3n) is 1.52. The number of rotatable bonds is 3.